The highest BCUT2D eigenvalue weighted by Crippen LogP contribution is 2.19. The number of methoxy groups -OCH3 is 1. The SMILES string of the molecule is COc1nccn2c(N)c(C)nc12. The van der Waals surface area contributed by atoms with E-state index in [0.29, 0.717) is 17.3 Å². The van der Waals surface area contributed by atoms with Crippen molar-refractivity contribution in [2.75, 3.05) is 12.8 Å². The molecule has 5 nitrogen and oxygen atoms in total. The van der Waals surface area contributed by atoms with Gasteiger partial charge in [0.05, 0.1) is 12.8 Å². The molecular weight excluding hydrogens is 168 g/mol. The Morgan fingerprint density at radius 2 is 2.31 bits per heavy atom. The van der Waals surface area contributed by atoms with Gasteiger partial charge in [-0.05, 0) is 6.92 Å². The first kappa shape index (κ1) is 7.85. The Labute approximate surface area is 75.2 Å². The van der Waals surface area contributed by atoms with E-state index in [2.05, 4.69) is 9.97 Å². The summed E-state index contributed by atoms with van der Waals surface area (Å²) >= 11 is 0. The number of anilines is 1. The fourth-order valence-corrected chi connectivity index (χ4v) is 1.23. The van der Waals surface area contributed by atoms with E-state index in [9.17, 15) is 0 Å². The van der Waals surface area contributed by atoms with Crippen LogP contribution in [0.25, 0.3) is 5.65 Å². The second-order valence-electron chi connectivity index (χ2n) is 2.71. The summed E-state index contributed by atoms with van der Waals surface area (Å²) in [6.07, 6.45) is 3.39. The lowest BCUT2D eigenvalue weighted by Crippen LogP contribution is -1.96. The maximum atomic E-state index is 5.78. The van der Waals surface area contributed by atoms with Gasteiger partial charge >= 0.3 is 0 Å². The predicted octanol–water partition coefficient (Wildman–Crippen LogP) is 0.629. The predicted molar refractivity (Wildman–Crippen MR) is 48.7 cm³/mol. The monoisotopic (exact) mass is 178 g/mol. The number of aryl methyl sites for hydroxylation is 1. The highest BCUT2D eigenvalue weighted by Gasteiger charge is 2.09. The van der Waals surface area contributed by atoms with Gasteiger partial charge in [-0.2, -0.15) is 0 Å². The summed E-state index contributed by atoms with van der Waals surface area (Å²) in [7, 11) is 1.56. The zero-order chi connectivity index (χ0) is 9.42. The number of ether oxygens (including phenoxy) is 1. The number of hydrogen-bond acceptors (Lipinski definition) is 4. The maximum absolute atomic E-state index is 5.78. The Bertz CT molecular complexity index is 449. The van der Waals surface area contributed by atoms with E-state index in [-0.39, 0.29) is 0 Å². The van der Waals surface area contributed by atoms with Crippen molar-refractivity contribution in [1.29, 1.82) is 0 Å². The lowest BCUT2D eigenvalue weighted by Gasteiger charge is -1.99. The van der Waals surface area contributed by atoms with Gasteiger partial charge in [-0.15, -0.1) is 0 Å². The van der Waals surface area contributed by atoms with Gasteiger partial charge in [-0.25, -0.2) is 9.97 Å². The molecule has 0 bridgehead atoms. The summed E-state index contributed by atoms with van der Waals surface area (Å²) in [5.74, 6) is 1.11. The highest BCUT2D eigenvalue weighted by molar-refractivity contribution is 5.57. The molecule has 0 aliphatic carbocycles. The van der Waals surface area contributed by atoms with Crippen LogP contribution >= 0.6 is 0 Å². The van der Waals surface area contributed by atoms with Crippen LogP contribution in [0.1, 0.15) is 5.69 Å². The van der Waals surface area contributed by atoms with Crippen molar-refractivity contribution >= 4 is 11.5 Å². The smallest absolute Gasteiger partial charge is 0.258 e. The highest BCUT2D eigenvalue weighted by atomic mass is 16.5. The minimum Gasteiger partial charge on any atom is -0.478 e. The first-order valence-corrected chi connectivity index (χ1v) is 3.87. The van der Waals surface area contributed by atoms with Crippen LogP contribution in [0.3, 0.4) is 0 Å². The number of nitrogens with two attached hydrogens (primary N) is 1. The first-order valence-electron chi connectivity index (χ1n) is 3.87. The Morgan fingerprint density at radius 3 is 3.00 bits per heavy atom. The molecule has 68 valence electrons. The third-order valence-electron chi connectivity index (χ3n) is 1.92. The molecule has 0 radical (unpaired) electrons. The number of imidazole rings is 1. The zero-order valence-electron chi connectivity index (χ0n) is 7.48. The summed E-state index contributed by atoms with van der Waals surface area (Å²) in [5.41, 5.74) is 7.22. The molecule has 2 N–H and O–H groups in total. The molecule has 0 amide bonds. The molecule has 0 aromatic carbocycles. The maximum Gasteiger partial charge on any atom is 0.258 e. The van der Waals surface area contributed by atoms with Gasteiger partial charge in [0.25, 0.3) is 5.88 Å². The van der Waals surface area contributed by atoms with Crippen molar-refractivity contribution in [2.24, 2.45) is 0 Å². The second kappa shape index (κ2) is 2.62. The number of rotatable bonds is 1. The molecule has 0 fully saturated rings. The second-order valence-corrected chi connectivity index (χ2v) is 2.71. The molecule has 0 atom stereocenters. The summed E-state index contributed by atoms with van der Waals surface area (Å²) in [6.45, 7) is 1.85. The van der Waals surface area contributed by atoms with E-state index in [1.54, 1.807) is 23.9 Å². The summed E-state index contributed by atoms with van der Waals surface area (Å²) < 4.78 is 6.80. The summed E-state index contributed by atoms with van der Waals surface area (Å²) in [6, 6.07) is 0. The van der Waals surface area contributed by atoms with E-state index in [0.717, 1.165) is 5.69 Å². The number of aromatic nitrogens is 3. The Kier molecular flexibility index (Phi) is 1.58. The molecule has 0 aliphatic rings. The van der Waals surface area contributed by atoms with Gasteiger partial charge in [0.2, 0.25) is 5.65 Å². The van der Waals surface area contributed by atoms with Crippen LogP contribution in [0.2, 0.25) is 0 Å². The van der Waals surface area contributed by atoms with Crippen molar-refractivity contribution in [2.45, 2.75) is 6.92 Å². The van der Waals surface area contributed by atoms with Crippen molar-refractivity contribution in [3.8, 4) is 5.88 Å². The van der Waals surface area contributed by atoms with Crippen LogP contribution in [0, 0.1) is 6.92 Å². The van der Waals surface area contributed by atoms with Crippen LogP contribution in [0.5, 0.6) is 5.88 Å². The van der Waals surface area contributed by atoms with Gasteiger partial charge < -0.3 is 10.5 Å². The van der Waals surface area contributed by atoms with E-state index in [1.165, 1.54) is 0 Å². The minimum atomic E-state index is 0.488. The molecule has 2 aromatic rings. The number of fused-ring (bicyclic) bond motifs is 1. The van der Waals surface area contributed by atoms with Crippen molar-refractivity contribution in [3.05, 3.63) is 18.1 Å². The van der Waals surface area contributed by atoms with Gasteiger partial charge in [0, 0.05) is 12.4 Å². The van der Waals surface area contributed by atoms with Gasteiger partial charge in [0.1, 0.15) is 5.82 Å². The number of nitrogens with zero attached hydrogens (tertiary/aromatic N) is 3. The molecule has 2 heterocycles. The Morgan fingerprint density at radius 1 is 1.54 bits per heavy atom. The number of nitrogen functional groups attached to an aromatic ring is 1. The molecule has 0 saturated carbocycles. The van der Waals surface area contributed by atoms with Crippen molar-refractivity contribution in [1.82, 2.24) is 14.4 Å². The lowest BCUT2D eigenvalue weighted by molar-refractivity contribution is 0.400. The average molecular weight is 178 g/mol. The van der Waals surface area contributed by atoms with Crippen molar-refractivity contribution in [3.63, 3.8) is 0 Å². The fraction of sp³-hybridized carbons (Fsp3) is 0.250. The molecule has 2 rings (SSSR count). The molecule has 0 spiro atoms. The largest absolute Gasteiger partial charge is 0.478 e. The zero-order valence-corrected chi connectivity index (χ0v) is 7.48. The summed E-state index contributed by atoms with van der Waals surface area (Å²) in [5, 5.41) is 0. The Hall–Kier alpha value is -1.78. The molecule has 5 heteroatoms. The van der Waals surface area contributed by atoms with Crippen LogP contribution in [-0.4, -0.2) is 21.5 Å². The van der Waals surface area contributed by atoms with Crippen LogP contribution in [0.15, 0.2) is 12.4 Å². The quantitative estimate of drug-likeness (QED) is 0.695. The van der Waals surface area contributed by atoms with Crippen LogP contribution < -0.4 is 10.5 Å². The van der Waals surface area contributed by atoms with Gasteiger partial charge in [-0.3, -0.25) is 4.40 Å². The van der Waals surface area contributed by atoms with Crippen LogP contribution in [0.4, 0.5) is 5.82 Å². The molecule has 0 saturated heterocycles. The number of hydrogen-bond donors (Lipinski definition) is 1. The minimum absolute atomic E-state index is 0.488. The third-order valence-corrected chi connectivity index (χ3v) is 1.92. The van der Waals surface area contributed by atoms with Crippen LogP contribution in [-0.2, 0) is 0 Å². The molecule has 2 aromatic heterocycles. The third kappa shape index (κ3) is 1.00. The van der Waals surface area contributed by atoms with Gasteiger partial charge in [-0.1, -0.05) is 0 Å². The molecule has 0 unspecified atom stereocenters. The molecular formula is C8H10N4O. The fourth-order valence-electron chi connectivity index (χ4n) is 1.23. The normalized spacial score (nSPS) is 10.6. The van der Waals surface area contributed by atoms with E-state index >= 15 is 0 Å². The van der Waals surface area contributed by atoms with E-state index in [4.69, 9.17) is 10.5 Å². The molecule has 13 heavy (non-hydrogen) atoms. The first-order chi connectivity index (χ1) is 6.24. The van der Waals surface area contributed by atoms with Gasteiger partial charge in [0.15, 0.2) is 0 Å². The van der Waals surface area contributed by atoms with E-state index in [1.807, 2.05) is 6.92 Å². The lowest BCUT2D eigenvalue weighted by atomic mass is 10.5. The Balaban J connectivity index is 2.84. The topological polar surface area (TPSA) is 65.4 Å². The standard InChI is InChI=1S/C8H10N4O/c1-5-6(9)12-4-3-10-8(13-2)7(12)11-5/h3-4H,9H2,1-2H3. The summed E-state index contributed by atoms with van der Waals surface area (Å²) in [4.78, 5) is 8.25. The van der Waals surface area contributed by atoms with Crippen molar-refractivity contribution < 1.29 is 4.74 Å². The molecule has 0 aliphatic heterocycles. The van der Waals surface area contributed by atoms with E-state index < -0.39 is 0 Å². The average Bonchev–Trinajstić information content (AvgIpc) is 2.43.